The molecule has 2 N–H and O–H groups in total. The monoisotopic (exact) mass is 457 g/mol. The van der Waals surface area contributed by atoms with Crippen molar-refractivity contribution in [3.63, 3.8) is 0 Å². The van der Waals surface area contributed by atoms with Crippen LogP contribution in [0, 0.1) is 0 Å². The molecule has 10 heteroatoms. The fourth-order valence-corrected chi connectivity index (χ4v) is 5.68. The Bertz CT molecular complexity index is 1130. The van der Waals surface area contributed by atoms with E-state index in [1.54, 1.807) is 12.1 Å². The highest BCUT2D eigenvalue weighted by molar-refractivity contribution is 7.90. The Morgan fingerprint density at radius 3 is 2.69 bits per heavy atom. The van der Waals surface area contributed by atoms with Crippen LogP contribution in [0.4, 0.5) is 16.3 Å². The molecule has 1 aliphatic carbocycles. The number of amides is 2. The van der Waals surface area contributed by atoms with Gasteiger partial charge in [0.15, 0.2) is 15.7 Å². The molecule has 1 saturated heterocycles. The summed E-state index contributed by atoms with van der Waals surface area (Å²) in [6, 6.07) is 7.53. The summed E-state index contributed by atoms with van der Waals surface area (Å²) in [5.74, 6) is 1.11. The molecule has 1 aromatic carbocycles. The molecule has 32 heavy (non-hydrogen) atoms. The molecule has 170 valence electrons. The van der Waals surface area contributed by atoms with Gasteiger partial charge in [0, 0.05) is 29.4 Å². The van der Waals surface area contributed by atoms with Crippen LogP contribution in [-0.2, 0) is 26.1 Å². The van der Waals surface area contributed by atoms with Crippen molar-refractivity contribution in [3.05, 3.63) is 35.5 Å². The van der Waals surface area contributed by atoms with Gasteiger partial charge in [0.2, 0.25) is 0 Å². The smallest absolute Gasteiger partial charge is 0.319 e. The average molecular weight is 458 g/mol. The van der Waals surface area contributed by atoms with Gasteiger partial charge in [0.05, 0.1) is 36.5 Å². The van der Waals surface area contributed by atoms with Gasteiger partial charge < -0.3 is 20.3 Å². The normalized spacial score (nSPS) is 21.8. The first kappa shape index (κ1) is 21.1. The number of carbonyl (C=O) groups excluding carboxylic acids is 1. The third-order valence-corrected chi connectivity index (χ3v) is 7.52. The van der Waals surface area contributed by atoms with Gasteiger partial charge in [-0.05, 0) is 43.5 Å². The number of hydrogen-bond acceptors (Lipinski definition) is 7. The molecular formula is C22H27N5O4S. The van der Waals surface area contributed by atoms with E-state index in [9.17, 15) is 13.2 Å². The SMILES string of the molecule is CCC1COCCN1c1nc(-c2ccc(NC(=O)NC3CC3)cc2)nc2c1CS(=O)(=O)C2. The molecule has 2 aliphatic heterocycles. The van der Waals surface area contributed by atoms with Gasteiger partial charge in [-0.15, -0.1) is 0 Å². The number of sulfone groups is 1. The Morgan fingerprint density at radius 1 is 1.19 bits per heavy atom. The molecule has 1 unspecified atom stereocenters. The quantitative estimate of drug-likeness (QED) is 0.709. The number of carbonyl (C=O) groups is 1. The Kier molecular flexibility index (Phi) is 5.50. The highest BCUT2D eigenvalue weighted by atomic mass is 32.2. The predicted molar refractivity (Wildman–Crippen MR) is 121 cm³/mol. The topological polar surface area (TPSA) is 114 Å². The third kappa shape index (κ3) is 4.42. The largest absolute Gasteiger partial charge is 0.377 e. The summed E-state index contributed by atoms with van der Waals surface area (Å²) >= 11 is 0. The van der Waals surface area contributed by atoms with Crippen molar-refractivity contribution in [2.75, 3.05) is 30.0 Å². The van der Waals surface area contributed by atoms with Gasteiger partial charge >= 0.3 is 6.03 Å². The minimum Gasteiger partial charge on any atom is -0.377 e. The number of benzene rings is 1. The van der Waals surface area contributed by atoms with E-state index in [1.807, 2.05) is 12.1 Å². The van der Waals surface area contributed by atoms with Crippen molar-refractivity contribution >= 4 is 27.4 Å². The van der Waals surface area contributed by atoms with Crippen molar-refractivity contribution in [1.29, 1.82) is 0 Å². The van der Waals surface area contributed by atoms with E-state index < -0.39 is 9.84 Å². The van der Waals surface area contributed by atoms with E-state index in [0.717, 1.165) is 24.8 Å². The molecule has 2 fully saturated rings. The van der Waals surface area contributed by atoms with Gasteiger partial charge in [-0.1, -0.05) is 6.92 Å². The van der Waals surface area contributed by atoms with Gasteiger partial charge in [-0.3, -0.25) is 0 Å². The standard InChI is InChI=1S/C22H27N5O4S/c1-2-17-11-31-10-9-27(17)21-18-12-32(29,30)13-19(18)25-20(26-21)14-3-5-15(6-4-14)23-22(28)24-16-7-8-16/h3-6,16-17H,2,7-13H2,1H3,(H2,23,24,28). The van der Waals surface area contributed by atoms with Crippen LogP contribution in [0.3, 0.4) is 0 Å². The molecule has 5 rings (SSSR count). The number of hydrogen-bond donors (Lipinski definition) is 2. The zero-order valence-corrected chi connectivity index (χ0v) is 18.8. The maximum atomic E-state index is 12.4. The maximum Gasteiger partial charge on any atom is 0.319 e. The van der Waals surface area contributed by atoms with E-state index >= 15 is 0 Å². The molecule has 3 heterocycles. The zero-order chi connectivity index (χ0) is 22.3. The number of anilines is 2. The van der Waals surface area contributed by atoms with Crippen LogP contribution in [0.5, 0.6) is 0 Å². The summed E-state index contributed by atoms with van der Waals surface area (Å²) in [5.41, 5.74) is 2.74. The van der Waals surface area contributed by atoms with Crippen molar-refractivity contribution < 1.29 is 17.9 Å². The fourth-order valence-electron chi connectivity index (χ4n) is 4.19. The Morgan fingerprint density at radius 2 is 1.97 bits per heavy atom. The lowest BCUT2D eigenvalue weighted by atomic mass is 10.1. The van der Waals surface area contributed by atoms with Crippen LogP contribution >= 0.6 is 0 Å². The van der Waals surface area contributed by atoms with Gasteiger partial charge in [0.1, 0.15) is 5.82 Å². The van der Waals surface area contributed by atoms with Crippen molar-refractivity contribution in [2.45, 2.75) is 49.8 Å². The summed E-state index contributed by atoms with van der Waals surface area (Å²) in [5, 5.41) is 5.72. The second-order valence-electron chi connectivity index (χ2n) is 8.61. The number of morpholine rings is 1. The first-order valence-electron chi connectivity index (χ1n) is 11.0. The minimum absolute atomic E-state index is 0.0231. The van der Waals surface area contributed by atoms with Gasteiger partial charge in [-0.25, -0.2) is 23.2 Å². The number of nitrogens with one attached hydrogen (secondary N) is 2. The summed E-state index contributed by atoms with van der Waals surface area (Å²) in [6.45, 7) is 3.94. The lowest BCUT2D eigenvalue weighted by molar-refractivity contribution is 0.0925. The first-order chi connectivity index (χ1) is 15.4. The summed E-state index contributed by atoms with van der Waals surface area (Å²) < 4.78 is 30.4. The molecule has 2 aromatic rings. The van der Waals surface area contributed by atoms with Gasteiger partial charge in [0.25, 0.3) is 0 Å². The van der Waals surface area contributed by atoms with Crippen molar-refractivity contribution in [1.82, 2.24) is 15.3 Å². The Labute approximate surface area is 187 Å². The van der Waals surface area contributed by atoms with E-state index in [-0.39, 0.29) is 29.6 Å². The number of aromatic nitrogens is 2. The molecule has 1 aromatic heterocycles. The van der Waals surface area contributed by atoms with Crippen LogP contribution in [0.1, 0.15) is 37.4 Å². The number of rotatable bonds is 5. The first-order valence-corrected chi connectivity index (χ1v) is 12.9. The second kappa shape index (κ2) is 8.32. The second-order valence-corrected chi connectivity index (χ2v) is 10.7. The molecule has 2 amide bonds. The Hall–Kier alpha value is -2.72. The molecule has 0 radical (unpaired) electrons. The summed E-state index contributed by atoms with van der Waals surface area (Å²) in [7, 11) is -3.23. The molecule has 1 atom stereocenters. The van der Waals surface area contributed by atoms with Crippen LogP contribution < -0.4 is 15.5 Å². The molecule has 1 saturated carbocycles. The lowest BCUT2D eigenvalue weighted by Gasteiger charge is -2.37. The Balaban J connectivity index is 1.46. The van der Waals surface area contributed by atoms with E-state index in [2.05, 4.69) is 27.4 Å². The lowest BCUT2D eigenvalue weighted by Crippen LogP contribution is -2.46. The van der Waals surface area contributed by atoms with Crippen LogP contribution in [-0.4, -0.2) is 56.3 Å². The highest BCUT2D eigenvalue weighted by Crippen LogP contribution is 2.35. The molecule has 0 bridgehead atoms. The van der Waals surface area contributed by atoms with Gasteiger partial charge in [-0.2, -0.15) is 0 Å². The minimum atomic E-state index is -3.23. The maximum absolute atomic E-state index is 12.4. The van der Waals surface area contributed by atoms with E-state index in [4.69, 9.17) is 9.72 Å². The van der Waals surface area contributed by atoms with E-state index in [0.29, 0.717) is 48.3 Å². The highest BCUT2D eigenvalue weighted by Gasteiger charge is 2.34. The predicted octanol–water partition coefficient (Wildman–Crippen LogP) is 2.47. The van der Waals surface area contributed by atoms with Crippen LogP contribution in [0.2, 0.25) is 0 Å². The average Bonchev–Trinajstić information content (AvgIpc) is 3.52. The summed E-state index contributed by atoms with van der Waals surface area (Å²) in [6.07, 6.45) is 2.94. The number of ether oxygens (including phenoxy) is 1. The number of nitrogens with zero attached hydrogens (tertiary/aromatic N) is 3. The summed E-state index contributed by atoms with van der Waals surface area (Å²) in [4.78, 5) is 23.6. The van der Waals surface area contributed by atoms with Crippen molar-refractivity contribution in [3.8, 4) is 11.4 Å². The third-order valence-electron chi connectivity index (χ3n) is 6.08. The van der Waals surface area contributed by atoms with Crippen molar-refractivity contribution in [2.24, 2.45) is 0 Å². The number of fused-ring (bicyclic) bond motifs is 1. The van der Waals surface area contributed by atoms with E-state index in [1.165, 1.54) is 0 Å². The molecule has 3 aliphatic rings. The molecule has 0 spiro atoms. The molecular weight excluding hydrogens is 430 g/mol. The fraction of sp³-hybridized carbons (Fsp3) is 0.500. The number of urea groups is 1. The molecule has 9 nitrogen and oxygen atoms in total. The van der Waals surface area contributed by atoms with Crippen LogP contribution in [0.15, 0.2) is 24.3 Å². The van der Waals surface area contributed by atoms with Crippen LogP contribution in [0.25, 0.3) is 11.4 Å². The zero-order valence-electron chi connectivity index (χ0n) is 18.0.